The molecule has 0 aromatic heterocycles. The summed E-state index contributed by atoms with van der Waals surface area (Å²) < 4.78 is 5.36. The second-order valence-electron chi connectivity index (χ2n) is 5.96. The largest absolute Gasteiger partial charge is 1.00 e. The minimum Gasteiger partial charge on any atom is -0.854 e. The molecule has 0 bridgehead atoms. The van der Waals surface area contributed by atoms with Crippen LogP contribution in [0.15, 0.2) is 60.7 Å². The average Bonchev–Trinajstić information content (AvgIpc) is 2.84. The topological polar surface area (TPSA) is 32.3 Å². The van der Waals surface area contributed by atoms with Crippen molar-refractivity contribution in [3.05, 3.63) is 66.2 Å². The van der Waals surface area contributed by atoms with Crippen LogP contribution in [0.4, 0.5) is 0 Å². The molecular weight excluding hydrogens is 466 g/mol. The maximum atomic E-state index is 10.4. The summed E-state index contributed by atoms with van der Waals surface area (Å²) in [6.45, 7) is 24.9. The summed E-state index contributed by atoms with van der Waals surface area (Å²) >= 11 is 0. The third-order valence-corrected chi connectivity index (χ3v) is 2.50. The van der Waals surface area contributed by atoms with Crippen LogP contribution in [0.1, 0.15) is 94.6 Å². The van der Waals surface area contributed by atoms with Crippen molar-refractivity contribution in [2.24, 2.45) is 5.92 Å². The molecule has 0 aliphatic heterocycles. The van der Waals surface area contributed by atoms with Gasteiger partial charge in [-0.2, -0.15) is 0 Å². The van der Waals surface area contributed by atoms with Gasteiger partial charge in [-0.25, -0.2) is 0 Å². The first-order valence-corrected chi connectivity index (χ1v) is 12.3. The van der Waals surface area contributed by atoms with Gasteiger partial charge in [0, 0.05) is 0 Å². The zero-order valence-electron chi connectivity index (χ0n) is 24.0. The Bertz CT molecular complexity index is 459. The summed E-state index contributed by atoms with van der Waals surface area (Å²) in [7, 11) is 0. The van der Waals surface area contributed by atoms with Gasteiger partial charge >= 0.3 is 58.2 Å². The van der Waals surface area contributed by atoms with Crippen LogP contribution in [0.3, 0.4) is 0 Å². The van der Waals surface area contributed by atoms with Crippen molar-refractivity contribution < 1.29 is 68.0 Å². The van der Waals surface area contributed by atoms with Crippen molar-refractivity contribution in [1.29, 1.82) is 0 Å². The predicted molar refractivity (Wildman–Crippen MR) is 143 cm³/mol. The first-order chi connectivity index (χ1) is 15.0. The molecule has 0 saturated carbocycles. The van der Waals surface area contributed by atoms with Gasteiger partial charge in [0.2, 0.25) is 0 Å². The maximum Gasteiger partial charge on any atom is 1.00 e. The monoisotopic (exact) mass is 520 g/mol. The number of benzene rings is 2. The number of rotatable bonds is 4. The standard InChI is InChI=1S/C10H13O2.C7H8.2C3H8.3C2H6.Rb/c1-9(7-11)8-12-10-5-3-2-4-6-10;1-7-5-3-2-4-6-7;2*1-3-2;3*1-2;/h2-6,9H,7-8H2,1H3;2-6H,1H3;2*3H2,1-2H3;3*1-2H3;/q-1;;;;;;;+1. The van der Waals surface area contributed by atoms with Crippen LogP contribution in [0.25, 0.3) is 0 Å². The Hall–Kier alpha value is 0.00519. The normalized spacial score (nSPS) is 8.28. The molecule has 0 spiro atoms. The molecule has 2 aromatic rings. The van der Waals surface area contributed by atoms with Crippen molar-refractivity contribution in [3.8, 4) is 5.75 Å². The smallest absolute Gasteiger partial charge is 0.854 e. The van der Waals surface area contributed by atoms with Crippen molar-refractivity contribution in [2.45, 2.75) is 95.9 Å². The summed E-state index contributed by atoms with van der Waals surface area (Å²) in [5, 5.41) is 10.4. The predicted octanol–water partition coefficient (Wildman–Crippen LogP) is 5.97. The molecule has 2 rings (SSSR count). The minimum absolute atomic E-state index is 0. The summed E-state index contributed by atoms with van der Waals surface area (Å²) in [5.74, 6) is 0.919. The molecule has 184 valence electrons. The minimum atomic E-state index is -0.0766. The fourth-order valence-corrected chi connectivity index (χ4v) is 1.34. The zero-order chi connectivity index (χ0) is 25.3. The van der Waals surface area contributed by atoms with Crippen LogP contribution < -0.4 is 68.0 Å². The SMILES string of the molecule is CC.CC.CC.CC(C[O-])COc1ccccc1.CCC.CCC.Cc1ccccc1.[Rb+]. The van der Waals surface area contributed by atoms with Gasteiger partial charge in [0.15, 0.2) is 0 Å². The van der Waals surface area contributed by atoms with Crippen molar-refractivity contribution in [3.63, 3.8) is 0 Å². The number of para-hydroxylation sites is 1. The van der Waals surface area contributed by atoms with Gasteiger partial charge in [0.05, 0.1) is 6.61 Å². The molecule has 0 N–H and O–H groups in total. The van der Waals surface area contributed by atoms with Crippen molar-refractivity contribution in [2.75, 3.05) is 13.2 Å². The van der Waals surface area contributed by atoms with Crippen LogP contribution in [-0.2, 0) is 0 Å². The summed E-state index contributed by atoms with van der Waals surface area (Å²) in [4.78, 5) is 0. The van der Waals surface area contributed by atoms with Crippen LogP contribution >= 0.6 is 0 Å². The Morgan fingerprint density at radius 1 is 0.688 bits per heavy atom. The van der Waals surface area contributed by atoms with Crippen LogP contribution in [0.5, 0.6) is 5.75 Å². The van der Waals surface area contributed by atoms with E-state index >= 15 is 0 Å². The molecule has 0 heterocycles. The fourth-order valence-electron chi connectivity index (χ4n) is 1.34. The average molecular weight is 521 g/mol. The first kappa shape index (κ1) is 45.5. The quantitative estimate of drug-likeness (QED) is 0.497. The third-order valence-electron chi connectivity index (χ3n) is 2.50. The van der Waals surface area contributed by atoms with E-state index in [1.54, 1.807) is 0 Å². The Morgan fingerprint density at radius 2 is 1.00 bits per heavy atom. The number of hydrogen-bond donors (Lipinski definition) is 0. The van der Waals surface area contributed by atoms with E-state index < -0.39 is 0 Å². The van der Waals surface area contributed by atoms with E-state index in [1.807, 2.05) is 97.0 Å². The van der Waals surface area contributed by atoms with E-state index in [-0.39, 0.29) is 70.7 Å². The second-order valence-corrected chi connectivity index (χ2v) is 5.96. The van der Waals surface area contributed by atoms with Gasteiger partial charge in [0.1, 0.15) is 5.75 Å². The molecular formula is C29H55O2Rb. The Kier molecular flexibility index (Phi) is 68.9. The van der Waals surface area contributed by atoms with E-state index in [9.17, 15) is 5.11 Å². The first-order valence-electron chi connectivity index (χ1n) is 12.3. The number of aryl methyl sites for hydroxylation is 1. The summed E-state index contributed by atoms with van der Waals surface area (Å²) in [6, 6.07) is 19.8. The van der Waals surface area contributed by atoms with E-state index in [1.165, 1.54) is 18.4 Å². The van der Waals surface area contributed by atoms with Gasteiger partial charge in [0.25, 0.3) is 0 Å². The van der Waals surface area contributed by atoms with Gasteiger partial charge in [-0.3, -0.25) is 0 Å². The van der Waals surface area contributed by atoms with Gasteiger partial charge in [-0.05, 0) is 25.0 Å². The fraction of sp³-hybridized carbons (Fsp3) is 0.586. The molecule has 0 saturated heterocycles. The Morgan fingerprint density at radius 3 is 1.25 bits per heavy atom. The molecule has 0 fully saturated rings. The van der Waals surface area contributed by atoms with Gasteiger partial charge < -0.3 is 9.84 Å². The number of hydrogen-bond acceptors (Lipinski definition) is 2. The molecule has 32 heavy (non-hydrogen) atoms. The van der Waals surface area contributed by atoms with E-state index in [0.717, 1.165) is 5.75 Å². The molecule has 0 amide bonds. The molecule has 0 radical (unpaired) electrons. The molecule has 1 atom stereocenters. The Labute approximate surface area is 252 Å². The van der Waals surface area contributed by atoms with Gasteiger partial charge in [-0.15, -0.1) is 6.61 Å². The van der Waals surface area contributed by atoms with Crippen molar-refractivity contribution in [1.82, 2.24) is 0 Å². The summed E-state index contributed by atoms with van der Waals surface area (Å²) in [5.41, 5.74) is 1.32. The number of ether oxygens (including phenoxy) is 1. The molecule has 0 aliphatic carbocycles. The molecule has 0 aliphatic rings. The maximum absolute atomic E-state index is 10.4. The van der Waals surface area contributed by atoms with E-state index in [0.29, 0.717) is 6.61 Å². The van der Waals surface area contributed by atoms with Crippen LogP contribution in [-0.4, -0.2) is 13.2 Å². The molecule has 1 unspecified atom stereocenters. The summed E-state index contributed by atoms with van der Waals surface area (Å²) in [6.07, 6.45) is 2.50. The van der Waals surface area contributed by atoms with E-state index in [2.05, 4.69) is 46.8 Å². The second kappa shape index (κ2) is 48.4. The molecule has 2 aromatic carbocycles. The van der Waals surface area contributed by atoms with E-state index in [4.69, 9.17) is 4.74 Å². The van der Waals surface area contributed by atoms with Crippen LogP contribution in [0.2, 0.25) is 0 Å². The molecule has 3 heteroatoms. The Balaban J connectivity index is -0.0000000727. The van der Waals surface area contributed by atoms with Crippen LogP contribution in [0, 0.1) is 12.8 Å². The van der Waals surface area contributed by atoms with Crippen molar-refractivity contribution >= 4 is 0 Å². The third kappa shape index (κ3) is 47.7. The molecule has 2 nitrogen and oxygen atoms in total. The zero-order valence-corrected chi connectivity index (χ0v) is 28.9. The van der Waals surface area contributed by atoms with Gasteiger partial charge in [-0.1, -0.05) is 143 Å².